The summed E-state index contributed by atoms with van der Waals surface area (Å²) in [4.78, 5) is 0. The number of hydrogen-bond acceptors (Lipinski definition) is 1. The maximum absolute atomic E-state index is 3.58. The summed E-state index contributed by atoms with van der Waals surface area (Å²) >= 11 is 0. The molecule has 1 aromatic rings. The molecule has 0 bridgehead atoms. The lowest BCUT2D eigenvalue weighted by Crippen LogP contribution is -2.36. The van der Waals surface area contributed by atoms with Crippen LogP contribution in [-0.4, -0.2) is 13.1 Å². The van der Waals surface area contributed by atoms with Gasteiger partial charge in [-0.25, -0.2) is 0 Å². The van der Waals surface area contributed by atoms with Crippen LogP contribution in [0.1, 0.15) is 50.2 Å². The molecule has 0 radical (unpaired) electrons. The monoisotopic (exact) mass is 259 g/mol. The van der Waals surface area contributed by atoms with Crippen molar-refractivity contribution in [3.8, 4) is 0 Å². The van der Waals surface area contributed by atoms with Gasteiger partial charge in [-0.1, -0.05) is 49.6 Å². The first-order valence-electron chi connectivity index (χ1n) is 7.92. The Morgan fingerprint density at radius 2 is 2.16 bits per heavy atom. The molecule has 19 heavy (non-hydrogen) atoms. The number of rotatable bonds is 5. The highest BCUT2D eigenvalue weighted by Crippen LogP contribution is 2.32. The van der Waals surface area contributed by atoms with Gasteiger partial charge in [0.25, 0.3) is 0 Å². The van der Waals surface area contributed by atoms with Gasteiger partial charge >= 0.3 is 0 Å². The zero-order valence-corrected chi connectivity index (χ0v) is 12.8. The molecule has 1 aromatic carbocycles. The summed E-state index contributed by atoms with van der Waals surface area (Å²) in [6.45, 7) is 4.60. The van der Waals surface area contributed by atoms with Crippen LogP contribution in [-0.2, 0) is 6.42 Å². The minimum Gasteiger partial charge on any atom is -0.317 e. The van der Waals surface area contributed by atoms with Crippen molar-refractivity contribution >= 4 is 0 Å². The highest BCUT2D eigenvalue weighted by Gasteiger charge is 2.25. The highest BCUT2D eigenvalue weighted by atomic mass is 14.9. The predicted molar refractivity (Wildman–Crippen MR) is 83.5 cm³/mol. The van der Waals surface area contributed by atoms with E-state index in [-0.39, 0.29) is 0 Å². The van der Waals surface area contributed by atoms with Crippen LogP contribution in [0.3, 0.4) is 0 Å². The average Bonchev–Trinajstić information content (AvgIpc) is 2.40. The van der Waals surface area contributed by atoms with E-state index >= 15 is 0 Å². The molecular weight excluding hydrogens is 230 g/mol. The first kappa shape index (κ1) is 14.6. The zero-order chi connectivity index (χ0) is 13.7. The molecule has 0 amide bonds. The van der Waals surface area contributed by atoms with Crippen LogP contribution in [0.5, 0.6) is 0 Å². The van der Waals surface area contributed by atoms with Crippen molar-refractivity contribution < 1.29 is 0 Å². The molecule has 3 atom stereocenters. The van der Waals surface area contributed by atoms with E-state index in [1.54, 1.807) is 0 Å². The summed E-state index contributed by atoms with van der Waals surface area (Å²) in [5.74, 6) is 1.81. The largest absolute Gasteiger partial charge is 0.317 e. The summed E-state index contributed by atoms with van der Waals surface area (Å²) in [6, 6.07) is 9.66. The Bertz CT molecular complexity index is 385. The molecule has 0 saturated heterocycles. The van der Waals surface area contributed by atoms with Crippen molar-refractivity contribution in [1.29, 1.82) is 0 Å². The molecular formula is C18H29N. The normalized spacial score (nSPS) is 25.2. The van der Waals surface area contributed by atoms with E-state index in [2.05, 4.69) is 50.5 Å². The maximum Gasteiger partial charge on any atom is 0.00955 e. The van der Waals surface area contributed by atoms with Crippen LogP contribution in [0.4, 0.5) is 0 Å². The van der Waals surface area contributed by atoms with E-state index in [0.717, 1.165) is 11.8 Å². The zero-order valence-electron chi connectivity index (χ0n) is 12.8. The van der Waals surface area contributed by atoms with Gasteiger partial charge < -0.3 is 5.32 Å². The van der Waals surface area contributed by atoms with Crippen molar-refractivity contribution in [3.63, 3.8) is 0 Å². The lowest BCUT2D eigenvalue weighted by atomic mass is 9.77. The van der Waals surface area contributed by atoms with Crippen LogP contribution in [0.2, 0.25) is 0 Å². The fourth-order valence-corrected chi connectivity index (χ4v) is 3.65. The van der Waals surface area contributed by atoms with Crippen molar-refractivity contribution in [2.24, 2.45) is 11.8 Å². The van der Waals surface area contributed by atoms with E-state index < -0.39 is 0 Å². The molecule has 1 aliphatic rings. The molecule has 1 nitrogen and oxygen atoms in total. The molecule has 0 spiro atoms. The molecule has 0 heterocycles. The van der Waals surface area contributed by atoms with Crippen LogP contribution in [0, 0.1) is 18.8 Å². The molecule has 106 valence electrons. The Balaban J connectivity index is 1.88. The van der Waals surface area contributed by atoms with Gasteiger partial charge in [0.2, 0.25) is 0 Å². The molecule has 1 saturated carbocycles. The van der Waals surface area contributed by atoms with E-state index in [0.29, 0.717) is 6.04 Å². The molecule has 1 N–H and O–H groups in total. The quantitative estimate of drug-likeness (QED) is 0.829. The van der Waals surface area contributed by atoms with Gasteiger partial charge in [0.1, 0.15) is 0 Å². The van der Waals surface area contributed by atoms with Gasteiger partial charge in [-0.2, -0.15) is 0 Å². The maximum atomic E-state index is 3.58. The second-order valence-electron chi connectivity index (χ2n) is 6.45. The minimum atomic E-state index is 0.697. The summed E-state index contributed by atoms with van der Waals surface area (Å²) in [5.41, 5.74) is 2.87. The van der Waals surface area contributed by atoms with Gasteiger partial charge in [0, 0.05) is 6.04 Å². The number of hydrogen-bond donors (Lipinski definition) is 1. The van der Waals surface area contributed by atoms with Gasteiger partial charge in [-0.05, 0) is 57.1 Å². The molecule has 0 aromatic heterocycles. The molecule has 2 rings (SSSR count). The van der Waals surface area contributed by atoms with Gasteiger partial charge in [-0.3, -0.25) is 0 Å². The third kappa shape index (κ3) is 4.35. The Morgan fingerprint density at radius 3 is 2.84 bits per heavy atom. The standard InChI is InChI=1S/C18H29N/c1-14-6-4-8-16(12-14)10-11-18(19-3)17-9-5-7-15(2)13-17/h4,6,8,12,15,17-19H,5,7,9-11,13H2,1-3H3. The lowest BCUT2D eigenvalue weighted by Gasteiger charge is -2.33. The van der Waals surface area contributed by atoms with Gasteiger partial charge in [-0.15, -0.1) is 0 Å². The molecule has 1 aliphatic carbocycles. The summed E-state index contributed by atoms with van der Waals surface area (Å²) in [7, 11) is 2.14. The summed E-state index contributed by atoms with van der Waals surface area (Å²) in [5, 5.41) is 3.58. The van der Waals surface area contributed by atoms with E-state index in [4.69, 9.17) is 0 Å². The van der Waals surface area contributed by atoms with Crippen molar-refractivity contribution in [2.45, 2.75) is 58.4 Å². The third-order valence-electron chi connectivity index (χ3n) is 4.74. The lowest BCUT2D eigenvalue weighted by molar-refractivity contribution is 0.221. The Hall–Kier alpha value is -0.820. The average molecular weight is 259 g/mol. The first-order chi connectivity index (χ1) is 9.19. The molecule has 3 unspecified atom stereocenters. The Kier molecular flexibility index (Phi) is 5.45. The van der Waals surface area contributed by atoms with E-state index in [1.165, 1.54) is 49.7 Å². The third-order valence-corrected chi connectivity index (χ3v) is 4.74. The minimum absolute atomic E-state index is 0.697. The van der Waals surface area contributed by atoms with Crippen LogP contribution < -0.4 is 5.32 Å². The topological polar surface area (TPSA) is 12.0 Å². The first-order valence-corrected chi connectivity index (χ1v) is 7.92. The second kappa shape index (κ2) is 7.09. The van der Waals surface area contributed by atoms with Crippen LogP contribution >= 0.6 is 0 Å². The Morgan fingerprint density at radius 1 is 1.32 bits per heavy atom. The van der Waals surface area contributed by atoms with Crippen molar-refractivity contribution in [2.75, 3.05) is 7.05 Å². The fourth-order valence-electron chi connectivity index (χ4n) is 3.65. The number of nitrogens with one attached hydrogen (secondary N) is 1. The molecule has 1 fully saturated rings. The smallest absolute Gasteiger partial charge is 0.00955 e. The second-order valence-corrected chi connectivity index (χ2v) is 6.45. The number of aryl methyl sites for hydroxylation is 2. The molecule has 0 aliphatic heterocycles. The number of benzene rings is 1. The van der Waals surface area contributed by atoms with Gasteiger partial charge in [0.05, 0.1) is 0 Å². The van der Waals surface area contributed by atoms with E-state index in [1.807, 2.05) is 0 Å². The van der Waals surface area contributed by atoms with Crippen molar-refractivity contribution in [1.82, 2.24) is 5.32 Å². The Labute approximate surface area is 118 Å². The predicted octanol–water partition coefficient (Wildman–Crippen LogP) is 4.34. The van der Waals surface area contributed by atoms with Crippen molar-refractivity contribution in [3.05, 3.63) is 35.4 Å². The summed E-state index contributed by atoms with van der Waals surface area (Å²) in [6.07, 6.45) is 8.18. The summed E-state index contributed by atoms with van der Waals surface area (Å²) < 4.78 is 0. The molecule has 1 heteroatoms. The fraction of sp³-hybridized carbons (Fsp3) is 0.667. The van der Waals surface area contributed by atoms with Crippen LogP contribution in [0.25, 0.3) is 0 Å². The van der Waals surface area contributed by atoms with E-state index in [9.17, 15) is 0 Å². The van der Waals surface area contributed by atoms with Gasteiger partial charge in [0.15, 0.2) is 0 Å². The highest BCUT2D eigenvalue weighted by molar-refractivity contribution is 5.22. The SMILES string of the molecule is CNC(CCc1cccc(C)c1)C1CCCC(C)C1. The van der Waals surface area contributed by atoms with Crippen LogP contribution in [0.15, 0.2) is 24.3 Å².